The molecular weight excluding hydrogens is 198 g/mol. The first-order valence-corrected chi connectivity index (χ1v) is 4.56. The summed E-state index contributed by atoms with van der Waals surface area (Å²) in [7, 11) is 0. The molecule has 0 amide bonds. The molecule has 1 rings (SSSR count). The van der Waals surface area contributed by atoms with Crippen LogP contribution in [0.1, 0.15) is 12.5 Å². The highest BCUT2D eigenvalue weighted by molar-refractivity contribution is 5.48. The minimum atomic E-state index is -0.647. The van der Waals surface area contributed by atoms with Crippen molar-refractivity contribution >= 4 is 5.69 Å². The highest BCUT2D eigenvalue weighted by Gasteiger charge is 2.15. The zero-order valence-corrected chi connectivity index (χ0v) is 8.64. The highest BCUT2D eigenvalue weighted by Crippen LogP contribution is 2.27. The fraction of sp³-hybridized carbons (Fsp3) is 0.400. The van der Waals surface area contributed by atoms with Gasteiger partial charge in [-0.15, -0.1) is 0 Å². The van der Waals surface area contributed by atoms with Crippen molar-refractivity contribution in [2.24, 2.45) is 0 Å². The average molecular weight is 211 g/mol. The quantitative estimate of drug-likeness (QED) is 0.607. The number of hydrogen-bond donors (Lipinski definition) is 1. The number of aliphatic hydroxyl groups is 1. The lowest BCUT2D eigenvalue weighted by Crippen LogP contribution is -2.13. The van der Waals surface area contributed by atoms with Crippen molar-refractivity contribution in [2.75, 3.05) is 6.61 Å². The molecule has 0 aliphatic carbocycles. The van der Waals surface area contributed by atoms with Crippen LogP contribution in [-0.2, 0) is 0 Å². The van der Waals surface area contributed by atoms with Crippen LogP contribution in [0.4, 0.5) is 5.69 Å². The van der Waals surface area contributed by atoms with Crippen molar-refractivity contribution in [1.82, 2.24) is 0 Å². The predicted octanol–water partition coefficient (Wildman–Crippen LogP) is 1.66. The molecule has 15 heavy (non-hydrogen) atoms. The number of ether oxygens (including phenoxy) is 1. The molecule has 0 saturated heterocycles. The first kappa shape index (κ1) is 11.5. The number of rotatable bonds is 4. The topological polar surface area (TPSA) is 72.6 Å². The van der Waals surface area contributed by atoms with Gasteiger partial charge in [0.2, 0.25) is 0 Å². The Balaban J connectivity index is 2.91. The molecule has 1 aromatic carbocycles. The van der Waals surface area contributed by atoms with Gasteiger partial charge in [-0.3, -0.25) is 10.1 Å². The van der Waals surface area contributed by atoms with Crippen LogP contribution in [0, 0.1) is 17.0 Å². The van der Waals surface area contributed by atoms with E-state index in [9.17, 15) is 10.1 Å². The van der Waals surface area contributed by atoms with Crippen LogP contribution in [-0.4, -0.2) is 22.7 Å². The van der Waals surface area contributed by atoms with Gasteiger partial charge in [-0.05, 0) is 25.5 Å². The number of nitro benzene ring substituents is 1. The molecule has 5 heteroatoms. The second-order valence-electron chi connectivity index (χ2n) is 3.39. The Bertz CT molecular complexity index is 362. The molecule has 82 valence electrons. The van der Waals surface area contributed by atoms with Crippen molar-refractivity contribution < 1.29 is 14.8 Å². The molecule has 0 bridgehead atoms. The van der Waals surface area contributed by atoms with Crippen molar-refractivity contribution in [1.29, 1.82) is 0 Å². The Morgan fingerprint density at radius 2 is 2.27 bits per heavy atom. The Morgan fingerprint density at radius 1 is 1.60 bits per heavy atom. The molecule has 0 aliphatic heterocycles. The molecule has 0 aromatic heterocycles. The number of aliphatic hydroxyl groups excluding tert-OH is 1. The third-order valence-corrected chi connectivity index (χ3v) is 1.79. The predicted molar refractivity (Wildman–Crippen MR) is 55.0 cm³/mol. The minimum Gasteiger partial charge on any atom is -0.484 e. The molecule has 1 atom stereocenters. The lowest BCUT2D eigenvalue weighted by Gasteiger charge is -2.08. The van der Waals surface area contributed by atoms with E-state index in [1.165, 1.54) is 12.1 Å². The SMILES string of the molecule is Cc1ccc(OC[C@@H](C)O)c([N+](=O)[O-])c1. The lowest BCUT2D eigenvalue weighted by atomic mass is 10.2. The van der Waals surface area contributed by atoms with Crippen LogP contribution in [0.5, 0.6) is 5.75 Å². The summed E-state index contributed by atoms with van der Waals surface area (Å²) in [5.74, 6) is 0.187. The fourth-order valence-corrected chi connectivity index (χ4v) is 1.10. The monoisotopic (exact) mass is 211 g/mol. The van der Waals surface area contributed by atoms with Crippen molar-refractivity contribution in [3.8, 4) is 5.75 Å². The summed E-state index contributed by atoms with van der Waals surface area (Å²) in [5, 5.41) is 19.7. The first-order chi connectivity index (χ1) is 7.00. The third kappa shape index (κ3) is 3.21. The molecule has 0 saturated carbocycles. The van der Waals surface area contributed by atoms with E-state index in [1.807, 2.05) is 0 Å². The maximum atomic E-state index is 10.7. The van der Waals surface area contributed by atoms with Gasteiger partial charge in [-0.1, -0.05) is 6.07 Å². The molecule has 0 aliphatic rings. The fourth-order valence-electron chi connectivity index (χ4n) is 1.10. The summed E-state index contributed by atoms with van der Waals surface area (Å²) in [6.45, 7) is 3.37. The zero-order chi connectivity index (χ0) is 11.4. The van der Waals surface area contributed by atoms with Crippen molar-refractivity contribution in [3.05, 3.63) is 33.9 Å². The van der Waals surface area contributed by atoms with Crippen LogP contribution in [0.15, 0.2) is 18.2 Å². The number of nitro groups is 1. The maximum absolute atomic E-state index is 10.7. The van der Waals surface area contributed by atoms with Gasteiger partial charge in [-0.2, -0.15) is 0 Å². The average Bonchev–Trinajstić information content (AvgIpc) is 2.15. The van der Waals surface area contributed by atoms with E-state index < -0.39 is 11.0 Å². The molecule has 5 nitrogen and oxygen atoms in total. The van der Waals surface area contributed by atoms with E-state index in [4.69, 9.17) is 9.84 Å². The molecule has 0 fully saturated rings. The van der Waals surface area contributed by atoms with Gasteiger partial charge in [0, 0.05) is 6.07 Å². The van der Waals surface area contributed by atoms with E-state index in [1.54, 1.807) is 19.9 Å². The Kier molecular flexibility index (Phi) is 3.62. The van der Waals surface area contributed by atoms with E-state index >= 15 is 0 Å². The van der Waals surface area contributed by atoms with E-state index in [0.717, 1.165) is 5.56 Å². The molecular formula is C10H13NO4. The van der Waals surface area contributed by atoms with E-state index in [2.05, 4.69) is 0 Å². The number of aryl methyl sites for hydroxylation is 1. The number of nitrogens with zero attached hydrogens (tertiary/aromatic N) is 1. The van der Waals surface area contributed by atoms with Crippen molar-refractivity contribution in [2.45, 2.75) is 20.0 Å². The lowest BCUT2D eigenvalue weighted by molar-refractivity contribution is -0.386. The summed E-state index contributed by atoms with van der Waals surface area (Å²) in [5.41, 5.74) is 0.724. The normalized spacial score (nSPS) is 12.2. The van der Waals surface area contributed by atoms with Gasteiger partial charge in [-0.25, -0.2) is 0 Å². The largest absolute Gasteiger partial charge is 0.484 e. The first-order valence-electron chi connectivity index (χ1n) is 4.56. The summed E-state index contributed by atoms with van der Waals surface area (Å²) in [6.07, 6.45) is -0.647. The smallest absolute Gasteiger partial charge is 0.311 e. The van der Waals surface area contributed by atoms with Crippen LogP contribution >= 0.6 is 0 Å². The van der Waals surface area contributed by atoms with Gasteiger partial charge < -0.3 is 9.84 Å². The van der Waals surface area contributed by atoms with Crippen LogP contribution < -0.4 is 4.74 Å². The minimum absolute atomic E-state index is 0.0455. The molecule has 0 radical (unpaired) electrons. The van der Waals surface area contributed by atoms with Crippen molar-refractivity contribution in [3.63, 3.8) is 0 Å². The van der Waals surface area contributed by atoms with Crippen LogP contribution in [0.2, 0.25) is 0 Å². The van der Waals surface area contributed by atoms with Gasteiger partial charge in [0.05, 0.1) is 11.0 Å². The molecule has 1 aromatic rings. The van der Waals surface area contributed by atoms with Gasteiger partial charge in [0.1, 0.15) is 6.61 Å². The third-order valence-electron chi connectivity index (χ3n) is 1.79. The molecule has 0 heterocycles. The van der Waals surface area contributed by atoms with E-state index in [-0.39, 0.29) is 18.0 Å². The Morgan fingerprint density at radius 3 is 2.80 bits per heavy atom. The summed E-state index contributed by atoms with van der Waals surface area (Å²) in [4.78, 5) is 10.2. The standard InChI is InChI=1S/C10H13NO4/c1-7-3-4-10(15-6-8(2)12)9(5-7)11(13)14/h3-5,8,12H,6H2,1-2H3/t8-/m1/s1. The van der Waals surface area contributed by atoms with Gasteiger partial charge >= 0.3 is 5.69 Å². The summed E-state index contributed by atoms with van der Waals surface area (Å²) >= 11 is 0. The number of benzene rings is 1. The maximum Gasteiger partial charge on any atom is 0.311 e. The highest BCUT2D eigenvalue weighted by atomic mass is 16.6. The Hall–Kier alpha value is -1.62. The van der Waals surface area contributed by atoms with Crippen LogP contribution in [0.3, 0.4) is 0 Å². The molecule has 1 N–H and O–H groups in total. The van der Waals surface area contributed by atoms with E-state index in [0.29, 0.717) is 0 Å². The molecule has 0 unspecified atom stereocenters. The zero-order valence-electron chi connectivity index (χ0n) is 8.64. The second kappa shape index (κ2) is 4.75. The summed E-state index contributed by atoms with van der Waals surface area (Å²) in [6, 6.07) is 4.71. The Labute approximate surface area is 87.5 Å². The molecule has 0 spiro atoms. The summed E-state index contributed by atoms with van der Waals surface area (Å²) < 4.78 is 5.12. The van der Waals surface area contributed by atoms with Gasteiger partial charge in [0.15, 0.2) is 5.75 Å². The number of hydrogen-bond acceptors (Lipinski definition) is 4. The van der Waals surface area contributed by atoms with Gasteiger partial charge in [0.25, 0.3) is 0 Å². The van der Waals surface area contributed by atoms with Crippen LogP contribution in [0.25, 0.3) is 0 Å². The second-order valence-corrected chi connectivity index (χ2v) is 3.39.